The van der Waals surface area contributed by atoms with E-state index in [0.717, 1.165) is 23.5 Å². The van der Waals surface area contributed by atoms with Gasteiger partial charge in [0.1, 0.15) is 11.6 Å². The number of ether oxygens (including phenoxy) is 1. The predicted octanol–water partition coefficient (Wildman–Crippen LogP) is 2.50. The van der Waals surface area contributed by atoms with Crippen molar-refractivity contribution in [1.29, 1.82) is 0 Å². The Kier molecular flexibility index (Phi) is 3.67. The number of rotatable bonds is 4. The molecular weight excluding hydrogens is 228 g/mol. The zero-order valence-corrected chi connectivity index (χ0v) is 10.9. The summed E-state index contributed by atoms with van der Waals surface area (Å²) in [6.45, 7) is 3.80. The number of hydrogen-bond donors (Lipinski definition) is 1. The fourth-order valence-corrected chi connectivity index (χ4v) is 2.16. The fourth-order valence-electron chi connectivity index (χ4n) is 2.16. The second-order valence-corrected chi connectivity index (χ2v) is 4.14. The maximum Gasteiger partial charge on any atom is 0.126 e. The molecule has 4 heteroatoms. The van der Waals surface area contributed by atoms with Gasteiger partial charge in [0.05, 0.1) is 18.9 Å². The SMILES string of the molecule is CCc1nccn1-c1cccc(OC)c1C(C)O. The van der Waals surface area contributed by atoms with Gasteiger partial charge in [0.2, 0.25) is 0 Å². The first-order valence-corrected chi connectivity index (χ1v) is 6.06. The molecule has 0 spiro atoms. The van der Waals surface area contributed by atoms with Crippen LogP contribution in [0.1, 0.15) is 31.3 Å². The van der Waals surface area contributed by atoms with Crippen molar-refractivity contribution in [3.8, 4) is 11.4 Å². The van der Waals surface area contributed by atoms with Gasteiger partial charge in [-0.2, -0.15) is 0 Å². The molecule has 18 heavy (non-hydrogen) atoms. The first kappa shape index (κ1) is 12.6. The van der Waals surface area contributed by atoms with Gasteiger partial charge in [0.25, 0.3) is 0 Å². The van der Waals surface area contributed by atoms with Crippen LogP contribution in [0.25, 0.3) is 5.69 Å². The number of benzene rings is 1. The largest absolute Gasteiger partial charge is 0.496 e. The molecule has 0 aliphatic carbocycles. The predicted molar refractivity (Wildman–Crippen MR) is 70.1 cm³/mol. The summed E-state index contributed by atoms with van der Waals surface area (Å²) in [4.78, 5) is 4.31. The van der Waals surface area contributed by atoms with Gasteiger partial charge in [0, 0.05) is 24.4 Å². The molecule has 2 rings (SSSR count). The van der Waals surface area contributed by atoms with Crippen molar-refractivity contribution >= 4 is 0 Å². The molecule has 0 fully saturated rings. The summed E-state index contributed by atoms with van der Waals surface area (Å²) in [5.41, 5.74) is 1.70. The van der Waals surface area contributed by atoms with Gasteiger partial charge < -0.3 is 14.4 Å². The Morgan fingerprint density at radius 1 is 1.44 bits per heavy atom. The summed E-state index contributed by atoms with van der Waals surface area (Å²) in [5.74, 6) is 1.66. The molecule has 1 aromatic carbocycles. The molecule has 1 aromatic heterocycles. The number of aromatic nitrogens is 2. The lowest BCUT2D eigenvalue weighted by Crippen LogP contribution is -2.07. The van der Waals surface area contributed by atoms with Crippen molar-refractivity contribution < 1.29 is 9.84 Å². The highest BCUT2D eigenvalue weighted by molar-refractivity contribution is 5.51. The number of aryl methyl sites for hydroxylation is 1. The highest BCUT2D eigenvalue weighted by atomic mass is 16.5. The Labute approximate surface area is 107 Å². The summed E-state index contributed by atoms with van der Waals surface area (Å²) in [6.07, 6.45) is 3.91. The van der Waals surface area contributed by atoms with E-state index < -0.39 is 6.10 Å². The van der Waals surface area contributed by atoms with Gasteiger partial charge in [-0.15, -0.1) is 0 Å². The fraction of sp³-hybridized carbons (Fsp3) is 0.357. The molecule has 0 aliphatic heterocycles. The second-order valence-electron chi connectivity index (χ2n) is 4.14. The van der Waals surface area contributed by atoms with Crippen molar-refractivity contribution in [1.82, 2.24) is 9.55 Å². The third-order valence-electron chi connectivity index (χ3n) is 2.97. The number of aliphatic hydroxyl groups is 1. The van der Waals surface area contributed by atoms with E-state index in [4.69, 9.17) is 4.74 Å². The van der Waals surface area contributed by atoms with Crippen LogP contribution in [0, 0.1) is 0 Å². The zero-order chi connectivity index (χ0) is 13.1. The molecule has 1 heterocycles. The molecule has 0 saturated heterocycles. The summed E-state index contributed by atoms with van der Waals surface area (Å²) in [5, 5.41) is 9.97. The second kappa shape index (κ2) is 5.23. The molecule has 96 valence electrons. The van der Waals surface area contributed by atoms with Crippen molar-refractivity contribution in [2.24, 2.45) is 0 Å². The monoisotopic (exact) mass is 246 g/mol. The van der Waals surface area contributed by atoms with Crippen molar-refractivity contribution in [2.75, 3.05) is 7.11 Å². The molecule has 0 bridgehead atoms. The van der Waals surface area contributed by atoms with E-state index in [1.54, 1.807) is 20.2 Å². The van der Waals surface area contributed by atoms with E-state index in [9.17, 15) is 5.11 Å². The van der Waals surface area contributed by atoms with Crippen LogP contribution < -0.4 is 4.74 Å². The molecule has 0 saturated carbocycles. The molecule has 0 radical (unpaired) electrons. The van der Waals surface area contributed by atoms with Crippen LogP contribution in [0.15, 0.2) is 30.6 Å². The highest BCUT2D eigenvalue weighted by Gasteiger charge is 2.16. The van der Waals surface area contributed by atoms with Crippen LogP contribution >= 0.6 is 0 Å². The number of imidazole rings is 1. The highest BCUT2D eigenvalue weighted by Crippen LogP contribution is 2.31. The van der Waals surface area contributed by atoms with Crippen LogP contribution in [-0.2, 0) is 6.42 Å². The maximum atomic E-state index is 9.97. The minimum atomic E-state index is -0.594. The van der Waals surface area contributed by atoms with Gasteiger partial charge in [-0.3, -0.25) is 0 Å². The van der Waals surface area contributed by atoms with E-state index >= 15 is 0 Å². The zero-order valence-electron chi connectivity index (χ0n) is 10.9. The summed E-state index contributed by atoms with van der Waals surface area (Å²) < 4.78 is 7.32. The molecule has 2 aromatic rings. The third kappa shape index (κ3) is 2.11. The van der Waals surface area contributed by atoms with E-state index in [0.29, 0.717) is 5.75 Å². The van der Waals surface area contributed by atoms with E-state index in [-0.39, 0.29) is 0 Å². The first-order valence-electron chi connectivity index (χ1n) is 6.06. The third-order valence-corrected chi connectivity index (χ3v) is 2.97. The molecule has 1 atom stereocenters. The van der Waals surface area contributed by atoms with E-state index in [1.807, 2.05) is 29.0 Å². The van der Waals surface area contributed by atoms with Crippen LogP contribution in [0.3, 0.4) is 0 Å². The summed E-state index contributed by atoms with van der Waals surface area (Å²) in [7, 11) is 1.61. The van der Waals surface area contributed by atoms with Crippen LogP contribution in [-0.4, -0.2) is 21.8 Å². The normalized spacial score (nSPS) is 12.4. The first-order chi connectivity index (χ1) is 8.69. The Bertz CT molecular complexity index is 532. The molecule has 1 N–H and O–H groups in total. The van der Waals surface area contributed by atoms with Crippen LogP contribution in [0.5, 0.6) is 5.75 Å². The van der Waals surface area contributed by atoms with Gasteiger partial charge in [0.15, 0.2) is 0 Å². The number of methoxy groups -OCH3 is 1. The Balaban J connectivity index is 2.64. The topological polar surface area (TPSA) is 47.3 Å². The lowest BCUT2D eigenvalue weighted by molar-refractivity contribution is 0.194. The summed E-state index contributed by atoms with van der Waals surface area (Å²) in [6, 6.07) is 5.74. The smallest absolute Gasteiger partial charge is 0.126 e. The van der Waals surface area contributed by atoms with E-state index in [2.05, 4.69) is 11.9 Å². The molecular formula is C14H18N2O2. The van der Waals surface area contributed by atoms with Crippen LogP contribution in [0.2, 0.25) is 0 Å². The van der Waals surface area contributed by atoms with Crippen LogP contribution in [0.4, 0.5) is 0 Å². The van der Waals surface area contributed by atoms with E-state index in [1.165, 1.54) is 0 Å². The lowest BCUT2D eigenvalue weighted by atomic mass is 10.1. The lowest BCUT2D eigenvalue weighted by Gasteiger charge is -2.17. The maximum absolute atomic E-state index is 9.97. The van der Waals surface area contributed by atoms with Gasteiger partial charge >= 0.3 is 0 Å². The molecule has 0 amide bonds. The van der Waals surface area contributed by atoms with Crippen molar-refractivity contribution in [3.63, 3.8) is 0 Å². The van der Waals surface area contributed by atoms with Gasteiger partial charge in [-0.25, -0.2) is 4.98 Å². The average molecular weight is 246 g/mol. The summed E-state index contributed by atoms with van der Waals surface area (Å²) >= 11 is 0. The average Bonchev–Trinajstić information content (AvgIpc) is 2.85. The Hall–Kier alpha value is -1.81. The number of hydrogen-bond acceptors (Lipinski definition) is 3. The molecule has 4 nitrogen and oxygen atoms in total. The standard InChI is InChI=1S/C14H18N2O2/c1-4-13-15-8-9-16(13)11-6-5-7-12(18-3)14(11)10(2)17/h5-10,17H,4H2,1-3H3. The molecule has 1 unspecified atom stereocenters. The Morgan fingerprint density at radius 3 is 2.83 bits per heavy atom. The van der Waals surface area contributed by atoms with Crippen molar-refractivity contribution in [2.45, 2.75) is 26.4 Å². The minimum Gasteiger partial charge on any atom is -0.496 e. The number of nitrogens with zero attached hydrogens (tertiary/aromatic N) is 2. The Morgan fingerprint density at radius 2 is 2.22 bits per heavy atom. The molecule has 0 aliphatic rings. The van der Waals surface area contributed by atoms with Gasteiger partial charge in [-0.05, 0) is 19.1 Å². The van der Waals surface area contributed by atoms with Crippen molar-refractivity contribution in [3.05, 3.63) is 42.0 Å². The number of aliphatic hydroxyl groups excluding tert-OH is 1. The quantitative estimate of drug-likeness (QED) is 0.901. The van der Waals surface area contributed by atoms with Gasteiger partial charge in [-0.1, -0.05) is 13.0 Å². The minimum absolute atomic E-state index is 0.594.